The summed E-state index contributed by atoms with van der Waals surface area (Å²) in [7, 11) is 2.93. The van der Waals surface area contributed by atoms with E-state index in [2.05, 4.69) is 19.9 Å². The molecule has 0 radical (unpaired) electrons. The minimum absolute atomic E-state index is 0.00433. The molecule has 1 saturated heterocycles. The number of fused-ring (bicyclic) bond motifs is 1. The summed E-state index contributed by atoms with van der Waals surface area (Å²) >= 11 is 0. The predicted molar refractivity (Wildman–Crippen MR) is 139 cm³/mol. The molecule has 0 bridgehead atoms. The number of aromatic hydroxyl groups is 1. The number of nitrogens with zero attached hydrogens (tertiary/aromatic N) is 5. The number of anilines is 1. The Morgan fingerprint density at radius 1 is 1.16 bits per heavy atom. The van der Waals surface area contributed by atoms with Crippen LogP contribution in [0, 0.1) is 0 Å². The second-order valence-corrected chi connectivity index (χ2v) is 9.07. The molecular formula is C27H29N5O6. The summed E-state index contributed by atoms with van der Waals surface area (Å²) in [6, 6.07) is 11.0. The molecule has 0 unspecified atom stereocenters. The second kappa shape index (κ2) is 10.9. The Morgan fingerprint density at radius 3 is 2.63 bits per heavy atom. The van der Waals surface area contributed by atoms with E-state index in [1.165, 1.54) is 13.2 Å². The highest BCUT2D eigenvalue weighted by molar-refractivity contribution is 5.72. The van der Waals surface area contributed by atoms with Crippen LogP contribution in [0.1, 0.15) is 29.4 Å². The quantitative estimate of drug-likeness (QED) is 0.347. The molecule has 1 aliphatic heterocycles. The molecule has 0 aliphatic carbocycles. The molecular weight excluding hydrogens is 490 g/mol. The normalized spacial score (nSPS) is 14.9. The number of hydrogen-bond donors (Lipinski definition) is 1. The van der Waals surface area contributed by atoms with Crippen molar-refractivity contribution >= 4 is 17.3 Å². The third kappa shape index (κ3) is 5.18. The lowest BCUT2D eigenvalue weighted by Crippen LogP contribution is -2.46. The van der Waals surface area contributed by atoms with Crippen molar-refractivity contribution in [3.05, 3.63) is 82.3 Å². The van der Waals surface area contributed by atoms with Gasteiger partial charge in [-0.1, -0.05) is 0 Å². The van der Waals surface area contributed by atoms with Gasteiger partial charge in [0.1, 0.15) is 11.5 Å². The van der Waals surface area contributed by atoms with Crippen molar-refractivity contribution in [1.29, 1.82) is 0 Å². The maximum Gasteiger partial charge on any atom is 0.306 e. The topological polar surface area (TPSA) is 123 Å². The molecule has 11 heteroatoms. The fourth-order valence-corrected chi connectivity index (χ4v) is 4.73. The van der Waals surface area contributed by atoms with Crippen LogP contribution in [0.15, 0.2) is 64.2 Å². The summed E-state index contributed by atoms with van der Waals surface area (Å²) < 4.78 is 17.8. The van der Waals surface area contributed by atoms with E-state index >= 15 is 0 Å². The standard InChI is InChI=1S/C27H29N5O6/c1-36-19-6-4-18(5-7-19)31-12-10-30(11-13-31)17-20-14-23(33)25(35)26(38-20)21(15-24(34)37-2)22-16-29-32-9-3-8-28-27(22)32/h3-9,14,16,21,35H,10-13,15,17H2,1-2H3/t21-/m0/s1. The largest absolute Gasteiger partial charge is 0.502 e. The molecule has 0 spiro atoms. The molecule has 1 N–H and O–H groups in total. The fraction of sp³-hybridized carbons (Fsp3) is 0.333. The SMILES string of the molecule is COC(=O)C[C@H](c1oc(CN2CCN(c3ccc(OC)cc3)CC2)cc(=O)c1O)c1cnn2cccnc12. The van der Waals surface area contributed by atoms with Crippen molar-refractivity contribution in [2.45, 2.75) is 18.9 Å². The summed E-state index contributed by atoms with van der Waals surface area (Å²) in [5.41, 5.74) is 1.58. The maximum atomic E-state index is 12.8. The zero-order valence-electron chi connectivity index (χ0n) is 21.2. The van der Waals surface area contributed by atoms with Crippen LogP contribution in [0.4, 0.5) is 5.69 Å². The molecule has 1 aliphatic rings. The van der Waals surface area contributed by atoms with Crippen LogP contribution in [-0.4, -0.2) is 71.0 Å². The number of rotatable bonds is 8. The lowest BCUT2D eigenvalue weighted by molar-refractivity contribution is -0.140. The van der Waals surface area contributed by atoms with Crippen LogP contribution in [0.25, 0.3) is 5.65 Å². The van der Waals surface area contributed by atoms with Crippen LogP contribution < -0.4 is 15.1 Å². The summed E-state index contributed by atoms with van der Waals surface area (Å²) in [6.45, 7) is 3.52. The van der Waals surface area contributed by atoms with Crippen molar-refractivity contribution in [2.75, 3.05) is 45.3 Å². The van der Waals surface area contributed by atoms with E-state index in [0.717, 1.165) is 37.6 Å². The summed E-state index contributed by atoms with van der Waals surface area (Å²) in [5, 5.41) is 15.0. The van der Waals surface area contributed by atoms with Gasteiger partial charge >= 0.3 is 5.97 Å². The average Bonchev–Trinajstić information content (AvgIpc) is 3.38. The number of hydrogen-bond acceptors (Lipinski definition) is 10. The molecule has 1 fully saturated rings. The summed E-state index contributed by atoms with van der Waals surface area (Å²) in [4.78, 5) is 33.9. The molecule has 3 aromatic heterocycles. The Balaban J connectivity index is 1.38. The molecule has 1 aromatic carbocycles. The molecule has 11 nitrogen and oxygen atoms in total. The van der Waals surface area contributed by atoms with E-state index < -0.39 is 23.1 Å². The van der Waals surface area contributed by atoms with Gasteiger partial charge in [-0.3, -0.25) is 14.5 Å². The molecule has 5 rings (SSSR count). The zero-order chi connectivity index (χ0) is 26.6. The van der Waals surface area contributed by atoms with Crippen molar-refractivity contribution < 1.29 is 23.8 Å². The Labute approximate surface area is 218 Å². The molecule has 1 atom stereocenters. The van der Waals surface area contributed by atoms with Gasteiger partial charge in [-0.05, 0) is 30.3 Å². The first-order valence-electron chi connectivity index (χ1n) is 12.3. The average molecular weight is 520 g/mol. The van der Waals surface area contributed by atoms with Gasteiger partial charge < -0.3 is 23.9 Å². The third-order valence-corrected chi connectivity index (χ3v) is 6.79. The molecule has 38 heavy (non-hydrogen) atoms. The van der Waals surface area contributed by atoms with Crippen LogP contribution >= 0.6 is 0 Å². The van der Waals surface area contributed by atoms with E-state index in [9.17, 15) is 14.7 Å². The first-order valence-corrected chi connectivity index (χ1v) is 12.3. The van der Waals surface area contributed by atoms with Gasteiger partial charge in [0.05, 0.1) is 39.3 Å². The smallest absolute Gasteiger partial charge is 0.306 e. The number of methoxy groups -OCH3 is 2. The van der Waals surface area contributed by atoms with Gasteiger partial charge in [-0.15, -0.1) is 0 Å². The number of carbonyl (C=O) groups excluding carboxylic acids is 1. The van der Waals surface area contributed by atoms with E-state index in [4.69, 9.17) is 13.9 Å². The monoisotopic (exact) mass is 519 g/mol. The second-order valence-electron chi connectivity index (χ2n) is 9.07. The Hall–Kier alpha value is -4.38. The van der Waals surface area contributed by atoms with Gasteiger partial charge in [0.15, 0.2) is 11.4 Å². The number of piperazine rings is 1. The van der Waals surface area contributed by atoms with Crippen LogP contribution in [0.5, 0.6) is 11.5 Å². The third-order valence-electron chi connectivity index (χ3n) is 6.79. The number of esters is 1. The van der Waals surface area contributed by atoms with Gasteiger partial charge in [0, 0.05) is 55.9 Å². The van der Waals surface area contributed by atoms with Gasteiger partial charge in [0.25, 0.3) is 0 Å². The highest BCUT2D eigenvalue weighted by Crippen LogP contribution is 2.35. The van der Waals surface area contributed by atoms with Gasteiger partial charge in [-0.25, -0.2) is 9.50 Å². The molecule has 198 valence electrons. The van der Waals surface area contributed by atoms with Crippen molar-refractivity contribution in [1.82, 2.24) is 19.5 Å². The van der Waals surface area contributed by atoms with Crippen molar-refractivity contribution in [2.24, 2.45) is 0 Å². The van der Waals surface area contributed by atoms with Crippen LogP contribution in [0.2, 0.25) is 0 Å². The molecule has 4 heterocycles. The minimum atomic E-state index is -0.811. The van der Waals surface area contributed by atoms with E-state index in [1.54, 1.807) is 36.3 Å². The number of carbonyl (C=O) groups is 1. The van der Waals surface area contributed by atoms with Gasteiger partial charge in [0.2, 0.25) is 11.2 Å². The fourth-order valence-electron chi connectivity index (χ4n) is 4.73. The number of ether oxygens (including phenoxy) is 2. The van der Waals surface area contributed by atoms with Crippen molar-refractivity contribution in [3.63, 3.8) is 0 Å². The lowest BCUT2D eigenvalue weighted by Gasteiger charge is -2.36. The Kier molecular flexibility index (Phi) is 7.27. The van der Waals surface area contributed by atoms with E-state index in [-0.39, 0.29) is 12.2 Å². The predicted octanol–water partition coefficient (Wildman–Crippen LogP) is 2.41. The van der Waals surface area contributed by atoms with Crippen LogP contribution in [0.3, 0.4) is 0 Å². The van der Waals surface area contributed by atoms with Crippen molar-refractivity contribution in [3.8, 4) is 11.5 Å². The summed E-state index contributed by atoms with van der Waals surface area (Å²) in [6.07, 6.45) is 4.72. The minimum Gasteiger partial charge on any atom is -0.502 e. The van der Waals surface area contributed by atoms with E-state index in [0.29, 0.717) is 23.5 Å². The molecule has 4 aromatic rings. The molecule has 0 saturated carbocycles. The number of benzene rings is 1. The first-order chi connectivity index (χ1) is 18.5. The first kappa shape index (κ1) is 25.3. The highest BCUT2D eigenvalue weighted by atomic mass is 16.5. The maximum absolute atomic E-state index is 12.8. The van der Waals surface area contributed by atoms with Crippen LogP contribution in [-0.2, 0) is 16.1 Å². The molecule has 0 amide bonds. The lowest BCUT2D eigenvalue weighted by atomic mass is 9.94. The zero-order valence-corrected chi connectivity index (χ0v) is 21.2. The number of aromatic nitrogens is 3. The Morgan fingerprint density at radius 2 is 1.92 bits per heavy atom. The van der Waals surface area contributed by atoms with Gasteiger partial charge in [-0.2, -0.15) is 5.10 Å². The Bertz CT molecular complexity index is 1470. The summed E-state index contributed by atoms with van der Waals surface area (Å²) in [5.74, 6) is -0.657. The highest BCUT2D eigenvalue weighted by Gasteiger charge is 2.30. The van der Waals surface area contributed by atoms with E-state index in [1.807, 2.05) is 24.3 Å².